The molecule has 0 N–H and O–H groups in total. The molecule has 3 heterocycles. The Morgan fingerprint density at radius 1 is 1.09 bits per heavy atom. The summed E-state index contributed by atoms with van der Waals surface area (Å²) in [6.07, 6.45) is 2.21. The second-order valence-electron chi connectivity index (χ2n) is 8.32. The molecule has 7 nitrogen and oxygen atoms in total. The van der Waals surface area contributed by atoms with E-state index in [1.807, 2.05) is 49.4 Å². The lowest BCUT2D eigenvalue weighted by Gasteiger charge is -2.29. The highest BCUT2D eigenvalue weighted by molar-refractivity contribution is 7.22. The maximum Gasteiger partial charge on any atom is 0.262 e. The Kier molecular flexibility index (Phi) is 5.83. The summed E-state index contributed by atoms with van der Waals surface area (Å²) in [7, 11) is 3.21. The van der Waals surface area contributed by atoms with Gasteiger partial charge in [0.25, 0.3) is 5.56 Å². The van der Waals surface area contributed by atoms with Crippen LogP contribution in [0.2, 0.25) is 0 Å². The van der Waals surface area contributed by atoms with Crippen LogP contribution >= 0.6 is 11.3 Å². The number of benzene rings is 2. The summed E-state index contributed by atoms with van der Waals surface area (Å²) in [5.41, 5.74) is 3.95. The average Bonchev–Trinajstić information content (AvgIpc) is 3.21. The minimum atomic E-state index is -0.182. The number of amides is 1. The molecule has 2 aromatic heterocycles. The van der Waals surface area contributed by atoms with E-state index in [0.29, 0.717) is 34.8 Å². The smallest absolute Gasteiger partial charge is 0.262 e. The Balaban J connectivity index is 1.40. The molecule has 0 bridgehead atoms. The standard InChI is InChI=1S/C26H25N3O4S/c1-16-23-25(34-24(16)17-7-5-4-6-8-17)27-15-29(26(23)31)14-22(30)28-10-9-18-11-20(32-2)21(33-3)12-19(18)13-28/h4-8,11-12,15H,9-10,13-14H2,1-3H3. The van der Waals surface area contributed by atoms with Gasteiger partial charge in [0.2, 0.25) is 5.91 Å². The number of carbonyl (C=O) groups excluding carboxylic acids is 1. The highest BCUT2D eigenvalue weighted by Crippen LogP contribution is 2.36. The van der Waals surface area contributed by atoms with E-state index in [2.05, 4.69) is 4.98 Å². The lowest BCUT2D eigenvalue weighted by molar-refractivity contribution is -0.132. The fraction of sp³-hybridized carbons (Fsp3) is 0.269. The van der Waals surface area contributed by atoms with Crippen molar-refractivity contribution in [1.29, 1.82) is 0 Å². The highest BCUT2D eigenvalue weighted by Gasteiger charge is 2.24. The molecule has 2 aromatic carbocycles. The van der Waals surface area contributed by atoms with Crippen LogP contribution in [0.4, 0.5) is 0 Å². The van der Waals surface area contributed by atoms with E-state index in [1.165, 1.54) is 22.2 Å². The van der Waals surface area contributed by atoms with E-state index in [9.17, 15) is 9.59 Å². The van der Waals surface area contributed by atoms with Crippen molar-refractivity contribution in [3.8, 4) is 21.9 Å². The number of hydrogen-bond acceptors (Lipinski definition) is 6. The predicted octanol–water partition coefficient (Wildman–Crippen LogP) is 4.04. The third-order valence-electron chi connectivity index (χ3n) is 6.33. The molecule has 0 atom stereocenters. The van der Waals surface area contributed by atoms with Crippen molar-refractivity contribution in [2.24, 2.45) is 0 Å². The number of aryl methyl sites for hydroxylation is 1. The maximum atomic E-state index is 13.3. The number of carbonyl (C=O) groups is 1. The first-order valence-electron chi connectivity index (χ1n) is 11.1. The SMILES string of the molecule is COc1cc2c(cc1OC)CN(C(=O)Cn1cnc3sc(-c4ccccc4)c(C)c3c1=O)CC2. The molecule has 0 saturated heterocycles. The zero-order valence-electron chi connectivity index (χ0n) is 19.3. The van der Waals surface area contributed by atoms with Crippen molar-refractivity contribution in [2.75, 3.05) is 20.8 Å². The Morgan fingerprint density at radius 2 is 1.79 bits per heavy atom. The third kappa shape index (κ3) is 3.84. The molecule has 8 heteroatoms. The van der Waals surface area contributed by atoms with E-state index in [4.69, 9.17) is 9.47 Å². The van der Waals surface area contributed by atoms with Crippen molar-refractivity contribution in [3.63, 3.8) is 0 Å². The number of rotatable bonds is 5. The first-order chi connectivity index (χ1) is 16.5. The fourth-order valence-electron chi connectivity index (χ4n) is 4.48. The molecule has 1 aliphatic heterocycles. The van der Waals surface area contributed by atoms with Crippen LogP contribution in [-0.4, -0.2) is 41.1 Å². The summed E-state index contributed by atoms with van der Waals surface area (Å²) in [6, 6.07) is 13.9. The van der Waals surface area contributed by atoms with Crippen molar-refractivity contribution >= 4 is 27.5 Å². The Morgan fingerprint density at radius 3 is 2.50 bits per heavy atom. The number of hydrogen-bond donors (Lipinski definition) is 0. The monoisotopic (exact) mass is 475 g/mol. The molecule has 1 amide bonds. The molecule has 34 heavy (non-hydrogen) atoms. The number of nitrogens with zero attached hydrogens (tertiary/aromatic N) is 3. The van der Waals surface area contributed by atoms with Gasteiger partial charge < -0.3 is 14.4 Å². The minimum Gasteiger partial charge on any atom is -0.493 e. The molecular formula is C26H25N3O4S. The number of thiophene rings is 1. The Bertz CT molecular complexity index is 1440. The zero-order valence-corrected chi connectivity index (χ0v) is 20.1. The van der Waals surface area contributed by atoms with Crippen LogP contribution in [0.25, 0.3) is 20.7 Å². The summed E-state index contributed by atoms with van der Waals surface area (Å²) in [5.74, 6) is 1.22. The van der Waals surface area contributed by atoms with Crippen molar-refractivity contribution in [2.45, 2.75) is 26.4 Å². The lowest BCUT2D eigenvalue weighted by atomic mass is 9.98. The summed E-state index contributed by atoms with van der Waals surface area (Å²) in [6.45, 7) is 2.95. The number of fused-ring (bicyclic) bond motifs is 2. The van der Waals surface area contributed by atoms with Crippen LogP contribution in [-0.2, 0) is 24.3 Å². The van der Waals surface area contributed by atoms with Gasteiger partial charge >= 0.3 is 0 Å². The minimum absolute atomic E-state index is 0.0413. The second-order valence-corrected chi connectivity index (χ2v) is 9.32. The van der Waals surface area contributed by atoms with Gasteiger partial charge in [-0.3, -0.25) is 14.2 Å². The van der Waals surface area contributed by atoms with Crippen LogP contribution in [0.3, 0.4) is 0 Å². The van der Waals surface area contributed by atoms with E-state index >= 15 is 0 Å². The molecule has 0 fully saturated rings. The third-order valence-corrected chi connectivity index (χ3v) is 7.58. The molecule has 4 aromatic rings. The Hall–Kier alpha value is -3.65. The summed E-state index contributed by atoms with van der Waals surface area (Å²) >= 11 is 1.50. The zero-order chi connectivity index (χ0) is 23.8. The van der Waals surface area contributed by atoms with E-state index in [1.54, 1.807) is 19.1 Å². The molecule has 174 valence electrons. The first-order valence-corrected chi connectivity index (χ1v) is 11.9. The van der Waals surface area contributed by atoms with Gasteiger partial charge in [0.05, 0.1) is 25.9 Å². The van der Waals surface area contributed by atoms with Crippen LogP contribution < -0.4 is 15.0 Å². The molecule has 5 rings (SSSR count). The second kappa shape index (κ2) is 8.95. The molecule has 0 saturated carbocycles. The van der Waals surface area contributed by atoms with E-state index in [0.717, 1.165) is 33.6 Å². The normalized spacial score (nSPS) is 13.1. The molecule has 1 aliphatic rings. The van der Waals surface area contributed by atoms with E-state index < -0.39 is 0 Å². The Labute approximate surface area is 201 Å². The fourth-order valence-corrected chi connectivity index (χ4v) is 5.62. The first kappa shape index (κ1) is 22.2. The quantitative estimate of drug-likeness (QED) is 0.436. The van der Waals surface area contributed by atoms with Gasteiger partial charge in [-0.05, 0) is 47.7 Å². The van der Waals surface area contributed by atoms with Gasteiger partial charge in [-0.15, -0.1) is 11.3 Å². The molecule has 0 aliphatic carbocycles. The summed E-state index contributed by atoms with van der Waals surface area (Å²) in [5, 5.41) is 0.583. The number of methoxy groups -OCH3 is 2. The molecule has 0 unspecified atom stereocenters. The molecular weight excluding hydrogens is 450 g/mol. The summed E-state index contributed by atoms with van der Waals surface area (Å²) in [4.78, 5) is 34.4. The lowest BCUT2D eigenvalue weighted by Crippen LogP contribution is -2.39. The van der Waals surface area contributed by atoms with Gasteiger partial charge in [-0.25, -0.2) is 4.98 Å². The summed E-state index contributed by atoms with van der Waals surface area (Å²) < 4.78 is 12.2. The van der Waals surface area contributed by atoms with Crippen molar-refractivity contribution < 1.29 is 14.3 Å². The van der Waals surface area contributed by atoms with E-state index in [-0.39, 0.29) is 18.0 Å². The van der Waals surface area contributed by atoms with Gasteiger partial charge in [-0.2, -0.15) is 0 Å². The average molecular weight is 476 g/mol. The number of aromatic nitrogens is 2. The van der Waals surface area contributed by atoms with Crippen LogP contribution in [0.15, 0.2) is 53.6 Å². The molecule has 0 spiro atoms. The maximum absolute atomic E-state index is 13.3. The van der Waals surface area contributed by atoms with Crippen molar-refractivity contribution in [3.05, 3.63) is 75.8 Å². The molecule has 0 radical (unpaired) electrons. The topological polar surface area (TPSA) is 73.7 Å². The van der Waals surface area contributed by atoms with Crippen LogP contribution in [0, 0.1) is 6.92 Å². The van der Waals surface area contributed by atoms with Crippen molar-refractivity contribution in [1.82, 2.24) is 14.5 Å². The van der Waals surface area contributed by atoms with Gasteiger partial charge in [0.15, 0.2) is 11.5 Å². The van der Waals surface area contributed by atoms with Gasteiger partial charge in [0, 0.05) is 18.0 Å². The van der Waals surface area contributed by atoms with Crippen LogP contribution in [0.5, 0.6) is 11.5 Å². The number of ether oxygens (including phenoxy) is 2. The predicted molar refractivity (Wildman–Crippen MR) is 133 cm³/mol. The largest absolute Gasteiger partial charge is 0.493 e. The highest BCUT2D eigenvalue weighted by atomic mass is 32.1. The van der Waals surface area contributed by atoms with Gasteiger partial charge in [-0.1, -0.05) is 30.3 Å². The van der Waals surface area contributed by atoms with Crippen LogP contribution in [0.1, 0.15) is 16.7 Å². The van der Waals surface area contributed by atoms with Gasteiger partial charge in [0.1, 0.15) is 11.4 Å².